The first kappa shape index (κ1) is 14.5. The number of fused-ring (bicyclic) bond motifs is 1. The number of sulfonamides is 1. The zero-order valence-corrected chi connectivity index (χ0v) is 12.8. The van der Waals surface area contributed by atoms with Crippen molar-refractivity contribution in [2.75, 3.05) is 4.72 Å². The summed E-state index contributed by atoms with van der Waals surface area (Å²) in [7, 11) is -3.93. The first-order valence-corrected chi connectivity index (χ1v) is 8.37. The van der Waals surface area contributed by atoms with Crippen LogP contribution in [0.15, 0.2) is 28.7 Å². The molecule has 0 atom stereocenters. The highest BCUT2D eigenvalue weighted by atomic mass is 32.2. The Morgan fingerprint density at radius 1 is 1.45 bits per heavy atom. The van der Waals surface area contributed by atoms with E-state index in [0.717, 1.165) is 11.8 Å². The molecule has 0 aliphatic rings. The summed E-state index contributed by atoms with van der Waals surface area (Å²) in [6.45, 7) is 1.83. The van der Waals surface area contributed by atoms with Crippen LogP contribution >= 0.6 is 11.3 Å². The van der Waals surface area contributed by atoms with Gasteiger partial charge in [-0.1, -0.05) is 17.4 Å². The van der Waals surface area contributed by atoms with Crippen LogP contribution in [-0.4, -0.2) is 18.4 Å². The molecule has 3 rings (SSSR count). The van der Waals surface area contributed by atoms with Gasteiger partial charge < -0.3 is 4.98 Å². The van der Waals surface area contributed by atoms with Crippen molar-refractivity contribution in [3.63, 3.8) is 0 Å². The Bertz CT molecular complexity index is 1010. The molecule has 0 amide bonds. The molecule has 112 valence electrons. The fourth-order valence-electron chi connectivity index (χ4n) is 2.15. The van der Waals surface area contributed by atoms with Crippen LogP contribution in [0.1, 0.15) is 11.1 Å². The predicted molar refractivity (Wildman–Crippen MR) is 80.6 cm³/mol. The molecule has 0 aliphatic carbocycles. The fourth-order valence-corrected chi connectivity index (χ4v) is 4.05. The second-order valence-electron chi connectivity index (χ2n) is 4.53. The van der Waals surface area contributed by atoms with E-state index in [1.807, 2.05) is 13.0 Å². The van der Waals surface area contributed by atoms with Gasteiger partial charge in [-0.3, -0.25) is 4.72 Å². The van der Waals surface area contributed by atoms with Crippen molar-refractivity contribution in [1.82, 2.24) is 9.97 Å². The SMILES string of the molecule is Cc1ccc(NS(=O)(=O)c2cnc(F)s2)c2[nH]cc(C#N)c12. The number of aromatic amines is 1. The number of benzene rings is 1. The quantitative estimate of drug-likeness (QED) is 0.768. The number of hydrogen-bond acceptors (Lipinski definition) is 5. The number of aryl methyl sites for hydroxylation is 1. The van der Waals surface area contributed by atoms with Crippen molar-refractivity contribution < 1.29 is 12.8 Å². The second kappa shape index (κ2) is 5.08. The van der Waals surface area contributed by atoms with Crippen LogP contribution in [0.5, 0.6) is 0 Å². The van der Waals surface area contributed by atoms with Gasteiger partial charge in [0.25, 0.3) is 15.3 Å². The Morgan fingerprint density at radius 3 is 2.86 bits per heavy atom. The van der Waals surface area contributed by atoms with Gasteiger partial charge in [0.1, 0.15) is 6.07 Å². The number of nitrogens with zero attached hydrogens (tertiary/aromatic N) is 2. The van der Waals surface area contributed by atoms with E-state index in [2.05, 4.69) is 14.7 Å². The number of H-pyrrole nitrogens is 1. The van der Waals surface area contributed by atoms with Crippen LogP contribution in [0.4, 0.5) is 10.1 Å². The third kappa shape index (κ3) is 2.32. The van der Waals surface area contributed by atoms with Crippen molar-refractivity contribution in [1.29, 1.82) is 5.26 Å². The summed E-state index contributed by atoms with van der Waals surface area (Å²) in [6, 6.07) is 5.35. The van der Waals surface area contributed by atoms with Crippen molar-refractivity contribution in [2.45, 2.75) is 11.1 Å². The molecule has 0 bridgehead atoms. The van der Waals surface area contributed by atoms with Crippen LogP contribution in [-0.2, 0) is 10.0 Å². The number of anilines is 1. The minimum atomic E-state index is -3.93. The average molecular weight is 336 g/mol. The van der Waals surface area contributed by atoms with Gasteiger partial charge in [0.2, 0.25) is 0 Å². The number of nitriles is 1. The molecule has 0 fully saturated rings. The van der Waals surface area contributed by atoms with E-state index in [1.165, 1.54) is 6.20 Å². The maximum atomic E-state index is 12.9. The Balaban J connectivity index is 2.11. The smallest absolute Gasteiger partial charge is 0.273 e. The lowest BCUT2D eigenvalue weighted by Crippen LogP contribution is -2.11. The summed E-state index contributed by atoms with van der Waals surface area (Å²) in [5.74, 6) is 0. The Kier molecular flexibility index (Phi) is 3.35. The maximum Gasteiger partial charge on any atom is 0.273 e. The molecule has 22 heavy (non-hydrogen) atoms. The third-order valence-corrected chi connectivity index (χ3v) is 5.74. The van der Waals surface area contributed by atoms with Gasteiger partial charge in [-0.05, 0) is 18.6 Å². The molecule has 0 spiro atoms. The summed E-state index contributed by atoms with van der Waals surface area (Å²) >= 11 is 0.441. The summed E-state index contributed by atoms with van der Waals surface area (Å²) in [6.07, 6.45) is 2.48. The summed E-state index contributed by atoms with van der Waals surface area (Å²) in [5, 5.41) is 8.93. The highest BCUT2D eigenvalue weighted by Gasteiger charge is 2.20. The van der Waals surface area contributed by atoms with E-state index in [9.17, 15) is 12.8 Å². The topological polar surface area (TPSA) is 98.6 Å². The first-order chi connectivity index (χ1) is 10.4. The Morgan fingerprint density at radius 2 is 2.23 bits per heavy atom. The van der Waals surface area contributed by atoms with E-state index in [0.29, 0.717) is 27.8 Å². The second-order valence-corrected chi connectivity index (χ2v) is 7.42. The lowest BCUT2D eigenvalue weighted by molar-refractivity contribution is 0.603. The average Bonchev–Trinajstić information content (AvgIpc) is 3.08. The standard InChI is InChI=1S/C13H9FN4O2S2/c1-7-2-3-9(12-11(7)8(4-15)5-16-12)18-22(19,20)10-6-17-13(14)21-10/h2-3,5-6,16,18H,1H3. The molecule has 2 heterocycles. The minimum Gasteiger partial charge on any atom is -0.358 e. The number of hydrogen-bond donors (Lipinski definition) is 2. The van der Waals surface area contributed by atoms with E-state index < -0.39 is 15.3 Å². The molecule has 0 aliphatic heterocycles. The molecule has 2 aromatic heterocycles. The van der Waals surface area contributed by atoms with Gasteiger partial charge >= 0.3 is 0 Å². The largest absolute Gasteiger partial charge is 0.358 e. The fraction of sp³-hybridized carbons (Fsp3) is 0.0769. The van der Waals surface area contributed by atoms with E-state index >= 15 is 0 Å². The summed E-state index contributed by atoms with van der Waals surface area (Å²) in [4.78, 5) is 6.19. The molecular weight excluding hydrogens is 327 g/mol. The molecule has 6 nitrogen and oxygen atoms in total. The monoisotopic (exact) mass is 336 g/mol. The van der Waals surface area contributed by atoms with Crippen molar-refractivity contribution >= 4 is 38.0 Å². The van der Waals surface area contributed by atoms with Gasteiger partial charge in [-0.25, -0.2) is 13.4 Å². The normalized spacial score (nSPS) is 11.5. The zero-order valence-electron chi connectivity index (χ0n) is 11.2. The third-order valence-electron chi connectivity index (χ3n) is 3.13. The number of thiazole rings is 1. The number of aromatic nitrogens is 2. The van der Waals surface area contributed by atoms with Gasteiger partial charge in [0, 0.05) is 11.6 Å². The number of rotatable bonds is 3. The molecule has 2 N–H and O–H groups in total. The van der Waals surface area contributed by atoms with E-state index in [4.69, 9.17) is 5.26 Å². The predicted octanol–water partition coefficient (Wildman–Crippen LogP) is 2.74. The van der Waals surface area contributed by atoms with Crippen molar-refractivity contribution in [2.24, 2.45) is 0 Å². The van der Waals surface area contributed by atoms with Crippen LogP contribution in [0.3, 0.4) is 0 Å². The lowest BCUT2D eigenvalue weighted by Gasteiger charge is -2.08. The summed E-state index contributed by atoms with van der Waals surface area (Å²) < 4.78 is 39.6. The van der Waals surface area contributed by atoms with Gasteiger partial charge in [0.15, 0.2) is 4.21 Å². The van der Waals surface area contributed by atoms with Crippen LogP contribution in [0.25, 0.3) is 10.9 Å². The van der Waals surface area contributed by atoms with Gasteiger partial charge in [-0.2, -0.15) is 9.65 Å². The Labute approximate surface area is 129 Å². The molecule has 1 aromatic carbocycles. The van der Waals surface area contributed by atoms with Crippen molar-refractivity contribution in [3.8, 4) is 6.07 Å². The van der Waals surface area contributed by atoms with Crippen LogP contribution in [0, 0.1) is 23.5 Å². The van der Waals surface area contributed by atoms with E-state index in [1.54, 1.807) is 12.1 Å². The van der Waals surface area contributed by atoms with Crippen LogP contribution < -0.4 is 4.72 Å². The first-order valence-electron chi connectivity index (χ1n) is 6.07. The lowest BCUT2D eigenvalue weighted by atomic mass is 10.1. The molecule has 9 heteroatoms. The highest BCUT2D eigenvalue weighted by molar-refractivity contribution is 7.94. The molecule has 3 aromatic rings. The minimum absolute atomic E-state index is 0.217. The van der Waals surface area contributed by atoms with Crippen molar-refractivity contribution in [3.05, 3.63) is 40.9 Å². The summed E-state index contributed by atoms with van der Waals surface area (Å²) in [5.41, 5.74) is 2.07. The molecule has 0 saturated heterocycles. The highest BCUT2D eigenvalue weighted by Crippen LogP contribution is 2.30. The molecular formula is C13H9FN4O2S2. The Hall–Kier alpha value is -2.44. The number of nitrogens with one attached hydrogen (secondary N) is 2. The molecule has 0 unspecified atom stereocenters. The van der Waals surface area contributed by atoms with Gasteiger partial charge in [0.05, 0.1) is 23.0 Å². The van der Waals surface area contributed by atoms with Crippen LogP contribution in [0.2, 0.25) is 0 Å². The molecule has 0 radical (unpaired) electrons. The number of halogens is 1. The van der Waals surface area contributed by atoms with E-state index in [-0.39, 0.29) is 9.90 Å². The van der Waals surface area contributed by atoms with Gasteiger partial charge in [-0.15, -0.1) is 0 Å². The maximum absolute atomic E-state index is 12.9. The molecule has 0 saturated carbocycles. The zero-order chi connectivity index (χ0) is 15.9.